The molecule has 1 unspecified atom stereocenters. The minimum Gasteiger partial charge on any atom is -0.464 e. The molecule has 4 atom stereocenters. The Morgan fingerprint density at radius 1 is 1.26 bits per heavy atom. The summed E-state index contributed by atoms with van der Waals surface area (Å²) in [6.45, 7) is 15.2. The highest BCUT2D eigenvalue weighted by Crippen LogP contribution is 2.41. The van der Waals surface area contributed by atoms with E-state index in [1.165, 1.54) is 6.08 Å². The van der Waals surface area contributed by atoms with Gasteiger partial charge in [0.2, 0.25) is 17.8 Å². The number of amides is 1. The molecule has 0 saturated carbocycles. The lowest BCUT2D eigenvalue weighted by Gasteiger charge is -2.52. The summed E-state index contributed by atoms with van der Waals surface area (Å²) in [5, 5.41) is 13.8. The molecule has 1 fully saturated rings. The van der Waals surface area contributed by atoms with E-state index in [0.717, 1.165) is 19.1 Å². The highest BCUT2D eigenvalue weighted by molar-refractivity contribution is 6.74. The highest BCUT2D eigenvalue weighted by Gasteiger charge is 2.56. The Bertz CT molecular complexity index is 835. The minimum atomic E-state index is -2.30. The van der Waals surface area contributed by atoms with Crippen LogP contribution in [0.15, 0.2) is 17.8 Å². The van der Waals surface area contributed by atoms with Crippen molar-refractivity contribution >= 4 is 37.7 Å². The topological polar surface area (TPSA) is 141 Å². The molecule has 1 heterocycles. The first-order valence-electron chi connectivity index (χ1n) is 10.8. The zero-order valence-electron chi connectivity index (χ0n) is 21.1. The molecule has 0 aliphatic carbocycles. The lowest BCUT2D eigenvalue weighted by molar-refractivity contribution is -0.196. The van der Waals surface area contributed by atoms with Gasteiger partial charge in [-0.15, -0.1) is 0 Å². The van der Waals surface area contributed by atoms with Crippen LogP contribution in [0.1, 0.15) is 34.1 Å². The number of ether oxygens (including phenoxy) is 2. The van der Waals surface area contributed by atoms with E-state index >= 15 is 0 Å². The predicted molar refractivity (Wildman–Crippen MR) is 125 cm³/mol. The van der Waals surface area contributed by atoms with E-state index in [4.69, 9.17) is 9.16 Å². The normalized spacial score (nSPS) is 20.7. The zero-order valence-corrected chi connectivity index (χ0v) is 22.1. The first kappa shape index (κ1) is 29.5. The van der Waals surface area contributed by atoms with Crippen molar-refractivity contribution in [3.8, 4) is 0 Å². The maximum Gasteiger partial charge on any atom is 0.363 e. The molecule has 0 aromatic heterocycles. The van der Waals surface area contributed by atoms with E-state index in [2.05, 4.69) is 21.3 Å². The summed E-state index contributed by atoms with van der Waals surface area (Å²) in [6, 6.07) is -0.960. The summed E-state index contributed by atoms with van der Waals surface area (Å²) < 4.78 is 15.8. The van der Waals surface area contributed by atoms with Gasteiger partial charge in [0, 0.05) is 6.42 Å². The SMILES string of the molecule is C=CCOC(=O)C(O)N1C(=O)[C@H]([C@@H](C)O[Si](C)(C)C(C)(C)C)[C@H]1CC(=O)/C(=N/OC)C(=O)OC. The molecule has 1 saturated heterocycles. The molecule has 1 aliphatic heterocycles. The average molecular weight is 501 g/mol. The number of esters is 2. The Labute approximate surface area is 201 Å². The van der Waals surface area contributed by atoms with Crippen LogP contribution in [0.3, 0.4) is 0 Å². The largest absolute Gasteiger partial charge is 0.464 e. The fourth-order valence-electron chi connectivity index (χ4n) is 3.35. The molecule has 11 nitrogen and oxygen atoms in total. The van der Waals surface area contributed by atoms with Gasteiger partial charge in [0.05, 0.1) is 25.2 Å². The molecule has 192 valence electrons. The smallest absolute Gasteiger partial charge is 0.363 e. The fraction of sp³-hybridized carbons (Fsp3) is 0.682. The molecule has 34 heavy (non-hydrogen) atoms. The summed E-state index contributed by atoms with van der Waals surface area (Å²) in [5.41, 5.74) is -0.607. The number of β-lactam (4-membered cyclic amide) rings is 1. The van der Waals surface area contributed by atoms with Crippen LogP contribution in [0.4, 0.5) is 0 Å². The molecule has 1 aliphatic rings. The first-order chi connectivity index (χ1) is 15.6. The predicted octanol–water partition coefficient (Wildman–Crippen LogP) is 1.41. The van der Waals surface area contributed by atoms with Crippen LogP contribution in [-0.2, 0) is 37.9 Å². The van der Waals surface area contributed by atoms with Gasteiger partial charge in [0.25, 0.3) is 0 Å². The number of hydrogen-bond donors (Lipinski definition) is 1. The number of hydrogen-bond acceptors (Lipinski definition) is 10. The van der Waals surface area contributed by atoms with Crippen molar-refractivity contribution < 1.29 is 43.0 Å². The number of Topliss-reactive ketones (excluding diaryl/α,β-unsaturated/α-hetero) is 1. The molecule has 0 spiro atoms. The number of rotatable bonds is 12. The molecular weight excluding hydrogens is 464 g/mol. The van der Waals surface area contributed by atoms with Crippen LogP contribution in [0, 0.1) is 5.92 Å². The molecule has 0 bridgehead atoms. The molecular formula is C22H36N2O9Si. The van der Waals surface area contributed by atoms with E-state index in [1.54, 1.807) is 6.92 Å². The minimum absolute atomic E-state index is 0.143. The lowest BCUT2D eigenvalue weighted by Crippen LogP contribution is -2.70. The maximum absolute atomic E-state index is 13.1. The Kier molecular flexibility index (Phi) is 10.1. The van der Waals surface area contributed by atoms with E-state index in [9.17, 15) is 24.3 Å². The third-order valence-electron chi connectivity index (χ3n) is 6.14. The van der Waals surface area contributed by atoms with Crippen LogP contribution in [-0.4, -0.2) is 86.9 Å². The fourth-order valence-corrected chi connectivity index (χ4v) is 4.78. The number of oxime groups is 1. The quantitative estimate of drug-likeness (QED) is 0.0800. The Balaban J connectivity index is 3.27. The van der Waals surface area contributed by atoms with Gasteiger partial charge >= 0.3 is 11.9 Å². The van der Waals surface area contributed by atoms with Gasteiger partial charge in [-0.1, -0.05) is 38.6 Å². The van der Waals surface area contributed by atoms with Gasteiger partial charge in [-0.3, -0.25) is 9.59 Å². The van der Waals surface area contributed by atoms with Crippen molar-refractivity contribution in [2.75, 3.05) is 20.8 Å². The number of carbonyl (C=O) groups excluding carboxylic acids is 4. The summed E-state index contributed by atoms with van der Waals surface area (Å²) in [6.07, 6.45) is -1.68. The van der Waals surface area contributed by atoms with E-state index in [0.29, 0.717) is 0 Å². The number of likely N-dealkylation sites (tertiary alicyclic amines) is 1. The van der Waals surface area contributed by atoms with Crippen LogP contribution in [0.2, 0.25) is 18.1 Å². The average Bonchev–Trinajstić information content (AvgIpc) is 2.73. The molecule has 0 radical (unpaired) electrons. The second kappa shape index (κ2) is 11.7. The van der Waals surface area contributed by atoms with Crippen molar-refractivity contribution in [3.05, 3.63) is 12.7 Å². The second-order valence-corrected chi connectivity index (χ2v) is 14.2. The number of aliphatic hydroxyl groups excluding tert-OH is 1. The second-order valence-electron chi connectivity index (χ2n) is 9.46. The summed E-state index contributed by atoms with van der Waals surface area (Å²) in [5.74, 6) is -4.29. The molecule has 1 rings (SSSR count). The Morgan fingerprint density at radius 2 is 1.85 bits per heavy atom. The molecule has 1 N–H and O–H groups in total. The maximum atomic E-state index is 13.1. The van der Waals surface area contributed by atoms with Crippen molar-refractivity contribution in [2.45, 2.75) is 70.6 Å². The van der Waals surface area contributed by atoms with Crippen LogP contribution >= 0.6 is 0 Å². The lowest BCUT2D eigenvalue weighted by atomic mass is 9.79. The van der Waals surface area contributed by atoms with Gasteiger partial charge in [-0.05, 0) is 25.1 Å². The van der Waals surface area contributed by atoms with E-state index in [-0.39, 0.29) is 11.6 Å². The molecule has 0 aromatic rings. The number of ketones is 1. The van der Waals surface area contributed by atoms with E-state index in [1.807, 2.05) is 33.9 Å². The standard InChI is InChI=1S/C22H36N2O9Si/c1-10-11-32-21(29)19(27)24-14(12-15(25)17(23-31-7)20(28)30-6)16(18(24)26)13(2)33-34(8,9)22(3,4)5/h10,13-14,16,19,27H,1,11-12H2,2-9H3/b23-17-/t13-,14-,16-,19?/m1/s1. The molecule has 0 aromatic carbocycles. The summed E-state index contributed by atoms with van der Waals surface area (Å²) in [7, 11) is -0.0578. The molecule has 1 amide bonds. The first-order valence-corrected chi connectivity index (χ1v) is 13.7. The van der Waals surface area contributed by atoms with Crippen molar-refractivity contribution in [1.29, 1.82) is 0 Å². The van der Waals surface area contributed by atoms with Gasteiger partial charge in [-0.25, -0.2) is 9.59 Å². The van der Waals surface area contributed by atoms with E-state index < -0.39 is 68.4 Å². The third kappa shape index (κ3) is 6.51. The van der Waals surface area contributed by atoms with Gasteiger partial charge in [-0.2, -0.15) is 0 Å². The zero-order chi connectivity index (χ0) is 26.4. The summed E-state index contributed by atoms with van der Waals surface area (Å²) >= 11 is 0. The van der Waals surface area contributed by atoms with Crippen molar-refractivity contribution in [1.82, 2.24) is 4.90 Å². The number of carbonyl (C=O) groups is 4. The van der Waals surface area contributed by atoms with Gasteiger partial charge in [0.15, 0.2) is 14.1 Å². The Morgan fingerprint density at radius 3 is 2.32 bits per heavy atom. The Hall–Kier alpha value is -2.57. The number of nitrogens with zero attached hydrogens (tertiary/aromatic N) is 2. The van der Waals surface area contributed by atoms with Crippen LogP contribution in [0.5, 0.6) is 0 Å². The molecule has 12 heteroatoms. The number of methoxy groups -OCH3 is 1. The van der Waals surface area contributed by atoms with Gasteiger partial charge < -0.3 is 28.7 Å². The number of aliphatic hydroxyl groups is 1. The summed E-state index contributed by atoms with van der Waals surface area (Å²) in [4.78, 5) is 55.5. The van der Waals surface area contributed by atoms with Crippen LogP contribution < -0.4 is 0 Å². The monoisotopic (exact) mass is 500 g/mol. The van der Waals surface area contributed by atoms with Crippen molar-refractivity contribution in [3.63, 3.8) is 0 Å². The van der Waals surface area contributed by atoms with Crippen LogP contribution in [0.25, 0.3) is 0 Å². The highest BCUT2D eigenvalue weighted by atomic mass is 28.4. The van der Waals surface area contributed by atoms with Crippen molar-refractivity contribution in [2.24, 2.45) is 11.1 Å². The third-order valence-corrected chi connectivity index (χ3v) is 10.7. The van der Waals surface area contributed by atoms with Gasteiger partial charge in [0.1, 0.15) is 13.7 Å².